The second-order valence-electron chi connectivity index (χ2n) is 4.83. The maximum Gasteiger partial charge on any atom is 0.197 e. The summed E-state index contributed by atoms with van der Waals surface area (Å²) in [5, 5.41) is 0. The Hall–Kier alpha value is -1.84. The molecule has 2 heterocycles. The maximum atomic E-state index is 6.06. The number of aromatic nitrogens is 2. The van der Waals surface area contributed by atoms with Crippen LogP contribution in [0.2, 0.25) is 0 Å². The van der Waals surface area contributed by atoms with Crippen LogP contribution in [0.1, 0.15) is 36.3 Å². The molecule has 0 aliphatic heterocycles. The fraction of sp³-hybridized carbons (Fsp3) is 0.429. The highest BCUT2D eigenvalue weighted by Gasteiger charge is 2.16. The molecule has 2 N–H and O–H groups in total. The number of aryl methyl sites for hydroxylation is 2. The van der Waals surface area contributed by atoms with E-state index in [-0.39, 0.29) is 0 Å². The van der Waals surface area contributed by atoms with Crippen molar-refractivity contribution in [2.75, 3.05) is 5.73 Å². The normalized spacial score (nSPS) is 15.2. The molecule has 0 radical (unpaired) electrons. The van der Waals surface area contributed by atoms with Crippen LogP contribution in [0.15, 0.2) is 16.5 Å². The van der Waals surface area contributed by atoms with Gasteiger partial charge in [0.05, 0.1) is 0 Å². The van der Waals surface area contributed by atoms with Crippen LogP contribution in [0.3, 0.4) is 0 Å². The zero-order valence-corrected chi connectivity index (χ0v) is 10.6. The van der Waals surface area contributed by atoms with Crippen molar-refractivity contribution in [3.63, 3.8) is 0 Å². The van der Waals surface area contributed by atoms with Gasteiger partial charge in [-0.3, -0.25) is 0 Å². The number of hydrogen-bond donors (Lipinski definition) is 1. The van der Waals surface area contributed by atoms with E-state index in [4.69, 9.17) is 10.2 Å². The molecule has 3 rings (SSSR count). The van der Waals surface area contributed by atoms with E-state index < -0.39 is 0 Å². The highest BCUT2D eigenvalue weighted by molar-refractivity contribution is 5.54. The van der Waals surface area contributed by atoms with Crippen LogP contribution in [-0.4, -0.2) is 9.97 Å². The van der Waals surface area contributed by atoms with E-state index in [1.54, 1.807) is 0 Å². The van der Waals surface area contributed by atoms with Crippen molar-refractivity contribution in [1.29, 1.82) is 0 Å². The Morgan fingerprint density at radius 1 is 1.11 bits per heavy atom. The van der Waals surface area contributed by atoms with Crippen molar-refractivity contribution in [3.05, 3.63) is 29.2 Å². The van der Waals surface area contributed by atoms with Gasteiger partial charge in [-0.2, -0.15) is 0 Å². The van der Waals surface area contributed by atoms with Crippen LogP contribution in [0.5, 0.6) is 0 Å². The number of nitrogen functional groups attached to an aromatic ring is 1. The van der Waals surface area contributed by atoms with Crippen molar-refractivity contribution >= 4 is 5.82 Å². The molecule has 0 atom stereocenters. The zero-order chi connectivity index (χ0) is 12.5. The third-order valence-electron chi connectivity index (χ3n) is 3.43. The SMILES string of the molecule is Cc1ccc(-c2nc(N)c3c(n2)CCCCC3)o1. The molecular weight excluding hydrogens is 226 g/mol. The summed E-state index contributed by atoms with van der Waals surface area (Å²) in [7, 11) is 0. The molecule has 1 aliphatic rings. The molecule has 0 fully saturated rings. The van der Waals surface area contributed by atoms with Gasteiger partial charge in [-0.1, -0.05) is 6.42 Å². The second kappa shape index (κ2) is 4.44. The van der Waals surface area contributed by atoms with Crippen molar-refractivity contribution in [2.24, 2.45) is 0 Å². The van der Waals surface area contributed by atoms with Crippen LogP contribution < -0.4 is 5.73 Å². The average Bonchev–Trinajstić information content (AvgIpc) is 2.63. The smallest absolute Gasteiger partial charge is 0.197 e. The summed E-state index contributed by atoms with van der Waals surface area (Å²) in [6.45, 7) is 1.91. The van der Waals surface area contributed by atoms with Crippen molar-refractivity contribution in [2.45, 2.75) is 39.0 Å². The fourth-order valence-corrected chi connectivity index (χ4v) is 2.46. The molecule has 0 unspecified atom stereocenters. The van der Waals surface area contributed by atoms with Gasteiger partial charge in [0, 0.05) is 11.3 Å². The van der Waals surface area contributed by atoms with E-state index >= 15 is 0 Å². The number of nitrogens with two attached hydrogens (primary N) is 1. The highest BCUT2D eigenvalue weighted by Crippen LogP contribution is 2.26. The molecule has 0 saturated carbocycles. The number of fused-ring (bicyclic) bond motifs is 1. The Bertz CT molecular complexity index is 574. The van der Waals surface area contributed by atoms with Crippen LogP contribution in [-0.2, 0) is 12.8 Å². The first-order chi connectivity index (χ1) is 8.74. The summed E-state index contributed by atoms with van der Waals surface area (Å²) in [6, 6.07) is 3.81. The molecule has 4 heteroatoms. The maximum absolute atomic E-state index is 6.06. The lowest BCUT2D eigenvalue weighted by Crippen LogP contribution is -2.06. The quantitative estimate of drug-likeness (QED) is 0.782. The predicted molar refractivity (Wildman–Crippen MR) is 70.1 cm³/mol. The topological polar surface area (TPSA) is 64.9 Å². The van der Waals surface area contributed by atoms with Crippen LogP contribution in [0.4, 0.5) is 5.82 Å². The first-order valence-electron chi connectivity index (χ1n) is 6.46. The molecule has 18 heavy (non-hydrogen) atoms. The first-order valence-corrected chi connectivity index (χ1v) is 6.46. The van der Waals surface area contributed by atoms with Gasteiger partial charge < -0.3 is 10.2 Å². The number of nitrogens with zero attached hydrogens (tertiary/aromatic N) is 2. The van der Waals surface area contributed by atoms with Crippen molar-refractivity contribution < 1.29 is 4.42 Å². The predicted octanol–water partition coefficient (Wildman–Crippen LogP) is 2.90. The third kappa shape index (κ3) is 1.98. The monoisotopic (exact) mass is 243 g/mol. The minimum Gasteiger partial charge on any atom is -0.458 e. The molecule has 0 amide bonds. The van der Waals surface area contributed by atoms with Gasteiger partial charge in [0.2, 0.25) is 0 Å². The summed E-state index contributed by atoms with van der Waals surface area (Å²) in [4.78, 5) is 9.02. The summed E-state index contributed by atoms with van der Waals surface area (Å²) in [5.41, 5.74) is 8.30. The number of anilines is 1. The van der Waals surface area contributed by atoms with E-state index in [1.807, 2.05) is 19.1 Å². The van der Waals surface area contributed by atoms with Crippen LogP contribution >= 0.6 is 0 Å². The van der Waals surface area contributed by atoms with Gasteiger partial charge in [0.1, 0.15) is 11.6 Å². The van der Waals surface area contributed by atoms with Gasteiger partial charge in [0.25, 0.3) is 0 Å². The molecule has 94 valence electrons. The summed E-state index contributed by atoms with van der Waals surface area (Å²) < 4.78 is 5.57. The number of furan rings is 1. The van der Waals surface area contributed by atoms with E-state index in [1.165, 1.54) is 19.3 Å². The molecular formula is C14H17N3O. The van der Waals surface area contributed by atoms with E-state index in [0.717, 1.165) is 29.9 Å². The Kier molecular flexibility index (Phi) is 2.78. The molecule has 0 spiro atoms. The lowest BCUT2D eigenvalue weighted by molar-refractivity contribution is 0.543. The summed E-state index contributed by atoms with van der Waals surface area (Å²) in [6.07, 6.45) is 5.60. The van der Waals surface area contributed by atoms with E-state index in [0.29, 0.717) is 17.4 Å². The number of rotatable bonds is 1. The lowest BCUT2D eigenvalue weighted by atomic mass is 10.1. The van der Waals surface area contributed by atoms with Gasteiger partial charge in [-0.15, -0.1) is 0 Å². The minimum absolute atomic E-state index is 0.612. The van der Waals surface area contributed by atoms with E-state index in [9.17, 15) is 0 Å². The molecule has 4 nitrogen and oxygen atoms in total. The molecule has 0 bridgehead atoms. The van der Waals surface area contributed by atoms with Gasteiger partial charge in [0.15, 0.2) is 11.6 Å². The Morgan fingerprint density at radius 3 is 2.72 bits per heavy atom. The highest BCUT2D eigenvalue weighted by atomic mass is 16.3. The van der Waals surface area contributed by atoms with Gasteiger partial charge in [-0.05, 0) is 44.7 Å². The lowest BCUT2D eigenvalue weighted by Gasteiger charge is -2.09. The average molecular weight is 243 g/mol. The number of hydrogen-bond acceptors (Lipinski definition) is 4. The minimum atomic E-state index is 0.612. The molecule has 2 aromatic rings. The Labute approximate surface area is 106 Å². The van der Waals surface area contributed by atoms with Crippen LogP contribution in [0.25, 0.3) is 11.6 Å². The summed E-state index contributed by atoms with van der Waals surface area (Å²) >= 11 is 0. The molecule has 2 aromatic heterocycles. The van der Waals surface area contributed by atoms with Gasteiger partial charge in [-0.25, -0.2) is 9.97 Å². The Balaban J connectivity index is 2.07. The van der Waals surface area contributed by atoms with Crippen molar-refractivity contribution in [3.8, 4) is 11.6 Å². The van der Waals surface area contributed by atoms with Crippen LogP contribution in [0, 0.1) is 6.92 Å². The summed E-state index contributed by atoms with van der Waals surface area (Å²) in [5.74, 6) is 2.79. The third-order valence-corrected chi connectivity index (χ3v) is 3.43. The zero-order valence-electron chi connectivity index (χ0n) is 10.6. The standard InChI is InChI=1S/C14H17N3O/c1-9-7-8-12(18-9)14-16-11-6-4-2-3-5-10(11)13(15)17-14/h7-8H,2-6H2,1H3,(H2,15,16,17). The Morgan fingerprint density at radius 2 is 1.94 bits per heavy atom. The first kappa shape index (κ1) is 11.3. The largest absolute Gasteiger partial charge is 0.458 e. The molecule has 1 aliphatic carbocycles. The van der Waals surface area contributed by atoms with Crippen molar-refractivity contribution in [1.82, 2.24) is 9.97 Å². The fourth-order valence-electron chi connectivity index (χ4n) is 2.46. The molecule has 0 saturated heterocycles. The van der Waals surface area contributed by atoms with Gasteiger partial charge >= 0.3 is 0 Å². The molecule has 0 aromatic carbocycles. The van der Waals surface area contributed by atoms with E-state index in [2.05, 4.69) is 9.97 Å². The second-order valence-corrected chi connectivity index (χ2v) is 4.83.